The van der Waals surface area contributed by atoms with Gasteiger partial charge in [-0.15, -0.1) is 4.37 Å². The third kappa shape index (κ3) is 5.51. The van der Waals surface area contributed by atoms with E-state index in [-0.39, 0.29) is 12.2 Å². The van der Waals surface area contributed by atoms with Crippen molar-refractivity contribution in [2.24, 2.45) is 0 Å². The molecule has 1 aliphatic rings. The number of nitrogens with zero attached hydrogens (tertiary/aromatic N) is 3. The van der Waals surface area contributed by atoms with E-state index in [1.54, 1.807) is 0 Å². The summed E-state index contributed by atoms with van der Waals surface area (Å²) in [6, 6.07) is 0. The van der Waals surface area contributed by atoms with Gasteiger partial charge in [0, 0.05) is 25.3 Å². The zero-order valence-corrected chi connectivity index (χ0v) is 17.3. The largest absolute Gasteiger partial charge is 0.475 e. The summed E-state index contributed by atoms with van der Waals surface area (Å²) < 4.78 is 20.9. The highest BCUT2D eigenvalue weighted by atomic mass is 32.1. The van der Waals surface area contributed by atoms with Crippen LogP contribution in [-0.4, -0.2) is 52.2 Å². The van der Waals surface area contributed by atoms with Crippen molar-refractivity contribution in [2.75, 3.05) is 26.7 Å². The predicted molar refractivity (Wildman–Crippen MR) is 104 cm³/mol. The van der Waals surface area contributed by atoms with Crippen molar-refractivity contribution in [3.05, 3.63) is 11.8 Å². The minimum Gasteiger partial charge on any atom is -0.475 e. The van der Waals surface area contributed by atoms with E-state index in [1.165, 1.54) is 31.0 Å². The lowest BCUT2D eigenvalue weighted by Gasteiger charge is -2.41. The Morgan fingerprint density at radius 2 is 2.12 bits per heavy atom. The molecular formula is C19H32N3O3S+. The van der Waals surface area contributed by atoms with Crippen LogP contribution in [0.15, 0.2) is 6.08 Å². The first-order valence-corrected chi connectivity index (χ1v) is 10.4. The molecule has 2 rings (SSSR count). The third-order valence-electron chi connectivity index (χ3n) is 5.03. The number of ether oxygens (including phenoxy) is 2. The van der Waals surface area contributed by atoms with Gasteiger partial charge in [-0.3, -0.25) is 9.28 Å². The van der Waals surface area contributed by atoms with Crippen LogP contribution in [0.1, 0.15) is 65.0 Å². The van der Waals surface area contributed by atoms with Gasteiger partial charge in [0.2, 0.25) is 6.23 Å². The lowest BCUT2D eigenvalue weighted by Crippen LogP contribution is -2.55. The number of esters is 1. The van der Waals surface area contributed by atoms with Gasteiger partial charge in [0.1, 0.15) is 12.2 Å². The highest BCUT2D eigenvalue weighted by Crippen LogP contribution is 2.31. The molecule has 0 saturated heterocycles. The molecule has 1 unspecified atom stereocenters. The molecule has 2 heterocycles. The SMILES string of the molecule is CCCCCCOc1nsnc1C1=CCC[N+](C)([C@@H](C)OC(=O)CC)C1. The maximum absolute atomic E-state index is 11.7. The first-order valence-electron chi connectivity index (χ1n) is 9.68. The van der Waals surface area contributed by atoms with E-state index >= 15 is 0 Å². The normalized spacial score (nSPS) is 21.2. The summed E-state index contributed by atoms with van der Waals surface area (Å²) in [4.78, 5) is 11.7. The van der Waals surface area contributed by atoms with Gasteiger partial charge in [-0.1, -0.05) is 39.2 Å². The molecule has 0 amide bonds. The summed E-state index contributed by atoms with van der Waals surface area (Å²) in [5.41, 5.74) is 1.99. The van der Waals surface area contributed by atoms with Crippen molar-refractivity contribution >= 4 is 23.3 Å². The second-order valence-electron chi connectivity index (χ2n) is 7.15. The van der Waals surface area contributed by atoms with Crippen LogP contribution in [0.4, 0.5) is 0 Å². The van der Waals surface area contributed by atoms with Gasteiger partial charge in [-0.2, -0.15) is 4.37 Å². The molecule has 1 aromatic heterocycles. The Morgan fingerprint density at radius 1 is 1.31 bits per heavy atom. The molecule has 6 nitrogen and oxygen atoms in total. The topological polar surface area (TPSA) is 61.3 Å². The fraction of sp³-hybridized carbons (Fsp3) is 0.737. The summed E-state index contributed by atoms with van der Waals surface area (Å²) in [7, 11) is 2.13. The monoisotopic (exact) mass is 382 g/mol. The molecule has 0 saturated carbocycles. The fourth-order valence-corrected chi connectivity index (χ4v) is 3.65. The van der Waals surface area contributed by atoms with E-state index in [0.29, 0.717) is 23.4 Å². The van der Waals surface area contributed by atoms with Crippen LogP contribution in [0, 0.1) is 0 Å². The number of unbranched alkanes of at least 4 members (excludes halogenated alkanes) is 3. The zero-order chi connectivity index (χ0) is 19.0. The number of carbonyl (C=O) groups is 1. The number of quaternary nitrogens is 1. The van der Waals surface area contributed by atoms with Crippen molar-refractivity contribution in [3.8, 4) is 5.88 Å². The van der Waals surface area contributed by atoms with Crippen LogP contribution in [0.5, 0.6) is 5.88 Å². The van der Waals surface area contributed by atoms with Gasteiger partial charge in [0.05, 0.1) is 31.9 Å². The minimum absolute atomic E-state index is 0.153. The third-order valence-corrected chi connectivity index (χ3v) is 5.54. The van der Waals surface area contributed by atoms with Gasteiger partial charge in [0.25, 0.3) is 5.88 Å². The van der Waals surface area contributed by atoms with E-state index in [4.69, 9.17) is 9.47 Å². The Bertz CT molecular complexity index is 617. The number of hydrogen-bond donors (Lipinski definition) is 0. The molecule has 0 aromatic carbocycles. The molecule has 1 aliphatic heterocycles. The molecule has 0 N–H and O–H groups in total. The van der Waals surface area contributed by atoms with E-state index in [0.717, 1.165) is 37.2 Å². The number of rotatable bonds is 10. The molecule has 0 spiro atoms. The zero-order valence-electron chi connectivity index (χ0n) is 16.5. The number of carbonyl (C=O) groups excluding carboxylic acids is 1. The molecule has 7 heteroatoms. The van der Waals surface area contributed by atoms with Gasteiger partial charge >= 0.3 is 5.97 Å². The molecule has 0 bridgehead atoms. The summed E-state index contributed by atoms with van der Waals surface area (Å²) in [5.74, 6) is 0.490. The molecule has 2 atom stereocenters. The Kier molecular flexibility index (Phi) is 8.03. The fourth-order valence-electron chi connectivity index (χ4n) is 3.12. The van der Waals surface area contributed by atoms with E-state index in [1.807, 2.05) is 13.8 Å². The van der Waals surface area contributed by atoms with Crippen molar-refractivity contribution in [1.29, 1.82) is 0 Å². The van der Waals surface area contributed by atoms with Crippen LogP contribution >= 0.6 is 11.7 Å². The molecule has 26 heavy (non-hydrogen) atoms. The van der Waals surface area contributed by atoms with Crippen molar-refractivity contribution in [2.45, 2.75) is 65.5 Å². The van der Waals surface area contributed by atoms with Gasteiger partial charge in [-0.05, 0) is 6.42 Å². The first kappa shape index (κ1) is 20.8. The van der Waals surface area contributed by atoms with Crippen molar-refractivity contribution in [3.63, 3.8) is 0 Å². The lowest BCUT2D eigenvalue weighted by atomic mass is 10.0. The summed E-state index contributed by atoms with van der Waals surface area (Å²) >= 11 is 1.19. The molecule has 1 aromatic rings. The average molecular weight is 383 g/mol. The van der Waals surface area contributed by atoms with Gasteiger partial charge in [0.15, 0.2) is 0 Å². The van der Waals surface area contributed by atoms with Crippen molar-refractivity contribution < 1.29 is 18.8 Å². The van der Waals surface area contributed by atoms with E-state index in [9.17, 15) is 4.79 Å². The summed E-state index contributed by atoms with van der Waals surface area (Å²) in [5, 5.41) is 0. The second kappa shape index (κ2) is 10.0. The van der Waals surface area contributed by atoms with Crippen LogP contribution < -0.4 is 4.74 Å². The Morgan fingerprint density at radius 3 is 2.85 bits per heavy atom. The predicted octanol–water partition coefficient (Wildman–Crippen LogP) is 4.03. The highest BCUT2D eigenvalue weighted by molar-refractivity contribution is 6.99. The van der Waals surface area contributed by atoms with E-state index < -0.39 is 0 Å². The van der Waals surface area contributed by atoms with Crippen LogP contribution in [0.2, 0.25) is 0 Å². The smallest absolute Gasteiger partial charge is 0.309 e. The van der Waals surface area contributed by atoms with Crippen molar-refractivity contribution in [1.82, 2.24) is 8.75 Å². The molecule has 146 valence electrons. The summed E-state index contributed by atoms with van der Waals surface area (Å²) in [6.07, 6.45) is 8.04. The lowest BCUT2D eigenvalue weighted by molar-refractivity contribution is -0.944. The maximum atomic E-state index is 11.7. The molecule has 0 aliphatic carbocycles. The minimum atomic E-state index is -0.184. The second-order valence-corrected chi connectivity index (χ2v) is 7.68. The van der Waals surface area contributed by atoms with Gasteiger partial charge in [-0.25, -0.2) is 0 Å². The standard InChI is InChI=1S/C19H32N3O3S/c1-5-7-8-9-13-24-19-18(20-26-21-19)16-11-10-12-22(4,14-16)15(3)25-17(23)6-2/h11,15H,5-10,12-14H2,1-4H3/q+1/t15-,22?/m1/s1. The van der Waals surface area contributed by atoms with Crippen LogP contribution in [0.3, 0.4) is 0 Å². The number of aromatic nitrogens is 2. The Labute approximate surface area is 161 Å². The quantitative estimate of drug-likeness (QED) is 0.347. The summed E-state index contributed by atoms with van der Waals surface area (Å²) in [6.45, 7) is 8.38. The Hall–Kier alpha value is -1.47. The molecule has 0 fully saturated rings. The highest BCUT2D eigenvalue weighted by Gasteiger charge is 2.36. The van der Waals surface area contributed by atoms with Crippen LogP contribution in [-0.2, 0) is 9.53 Å². The number of hydrogen-bond acceptors (Lipinski definition) is 6. The maximum Gasteiger partial charge on any atom is 0.309 e. The number of likely N-dealkylation sites (N-methyl/N-ethyl adjacent to an activating group) is 1. The Balaban J connectivity index is 2.00. The van der Waals surface area contributed by atoms with E-state index in [2.05, 4.69) is 28.8 Å². The average Bonchev–Trinajstić information content (AvgIpc) is 3.10. The van der Waals surface area contributed by atoms with Gasteiger partial charge < -0.3 is 9.47 Å². The van der Waals surface area contributed by atoms with Crippen LogP contribution in [0.25, 0.3) is 5.57 Å². The molecule has 0 radical (unpaired) electrons. The first-order chi connectivity index (χ1) is 12.5. The molecular weight excluding hydrogens is 350 g/mol.